The van der Waals surface area contributed by atoms with Gasteiger partial charge < -0.3 is 24.4 Å². The molecule has 2 saturated carbocycles. The number of aliphatic hydroxyl groups is 2. The number of carbonyl (C=O) groups excluding carboxylic acids is 2. The molecule has 0 aromatic heterocycles. The van der Waals surface area contributed by atoms with Gasteiger partial charge in [-0.05, 0) is 75.0 Å². The van der Waals surface area contributed by atoms with Crippen LogP contribution in [0.15, 0.2) is 41.5 Å². The fourth-order valence-electron chi connectivity index (χ4n) is 10.3. The third-order valence-electron chi connectivity index (χ3n) is 11.2. The molecule has 1 unspecified atom stereocenters. The zero-order chi connectivity index (χ0) is 26.6. The van der Waals surface area contributed by atoms with Crippen molar-refractivity contribution in [2.75, 3.05) is 14.2 Å². The van der Waals surface area contributed by atoms with Crippen LogP contribution in [0, 0.1) is 23.7 Å². The van der Waals surface area contributed by atoms with E-state index in [0.717, 1.165) is 24.8 Å². The van der Waals surface area contributed by atoms with Crippen molar-refractivity contribution in [3.8, 4) is 0 Å². The quantitative estimate of drug-likeness (QED) is 0.580. The Hall–Kier alpha value is -2.26. The molecule has 0 radical (unpaired) electrons. The van der Waals surface area contributed by atoms with Gasteiger partial charge in [-0.1, -0.05) is 18.2 Å². The number of fused-ring (bicyclic) bond motifs is 2. The Labute approximate surface area is 222 Å². The number of esters is 2. The molecule has 1 spiro atoms. The van der Waals surface area contributed by atoms with Crippen LogP contribution >= 0.6 is 0 Å². The van der Waals surface area contributed by atoms with Crippen LogP contribution in [0.25, 0.3) is 0 Å². The van der Waals surface area contributed by atoms with Gasteiger partial charge in [-0.2, -0.15) is 0 Å². The maximum Gasteiger partial charge on any atom is 0.338 e. The second kappa shape index (κ2) is 8.37. The van der Waals surface area contributed by atoms with Crippen molar-refractivity contribution >= 4 is 11.9 Å². The van der Waals surface area contributed by atoms with E-state index in [1.807, 2.05) is 6.07 Å². The molecular formula is C30H37NO7. The van der Waals surface area contributed by atoms with Crippen molar-refractivity contribution in [2.45, 2.75) is 87.0 Å². The lowest BCUT2D eigenvalue weighted by molar-refractivity contribution is -0.181. The third-order valence-corrected chi connectivity index (χ3v) is 11.2. The highest BCUT2D eigenvalue weighted by Gasteiger charge is 2.81. The Morgan fingerprint density at radius 2 is 1.76 bits per heavy atom. The second-order valence-electron chi connectivity index (χ2n) is 12.4. The van der Waals surface area contributed by atoms with Crippen LogP contribution in [-0.2, 0) is 19.0 Å². The van der Waals surface area contributed by atoms with Crippen LogP contribution in [0.4, 0.5) is 0 Å². The summed E-state index contributed by atoms with van der Waals surface area (Å²) < 4.78 is 17.6. The van der Waals surface area contributed by atoms with Gasteiger partial charge in [0.1, 0.15) is 6.10 Å². The highest BCUT2D eigenvalue weighted by Crippen LogP contribution is 2.75. The zero-order valence-corrected chi connectivity index (χ0v) is 22.2. The van der Waals surface area contributed by atoms with Crippen molar-refractivity contribution in [2.24, 2.45) is 23.7 Å². The van der Waals surface area contributed by atoms with E-state index in [1.165, 1.54) is 7.11 Å². The van der Waals surface area contributed by atoms with E-state index < -0.39 is 47.3 Å². The molecule has 3 aliphatic heterocycles. The Balaban J connectivity index is 1.49. The summed E-state index contributed by atoms with van der Waals surface area (Å²) in [4.78, 5) is 29.9. The zero-order valence-electron chi connectivity index (χ0n) is 22.2. The Morgan fingerprint density at radius 1 is 1.03 bits per heavy atom. The molecule has 6 aliphatic rings. The van der Waals surface area contributed by atoms with Crippen LogP contribution < -0.4 is 0 Å². The molecule has 1 aromatic carbocycles. The second-order valence-corrected chi connectivity index (χ2v) is 12.4. The lowest BCUT2D eigenvalue weighted by Gasteiger charge is -2.65. The van der Waals surface area contributed by atoms with Gasteiger partial charge in [0.2, 0.25) is 0 Å². The first-order chi connectivity index (χ1) is 18.3. The summed E-state index contributed by atoms with van der Waals surface area (Å²) in [5.74, 6) is -1.39. The fourth-order valence-corrected chi connectivity index (χ4v) is 10.3. The third kappa shape index (κ3) is 2.85. The predicted octanol–water partition coefficient (Wildman–Crippen LogP) is 2.47. The van der Waals surface area contributed by atoms with Gasteiger partial charge in [-0.3, -0.25) is 4.90 Å². The van der Waals surface area contributed by atoms with E-state index in [4.69, 9.17) is 14.2 Å². The molecule has 3 saturated heterocycles. The number of benzene rings is 1. The molecule has 3 heterocycles. The highest BCUT2D eigenvalue weighted by atomic mass is 16.6. The van der Waals surface area contributed by atoms with Gasteiger partial charge >= 0.3 is 11.9 Å². The van der Waals surface area contributed by atoms with Crippen LogP contribution in [0.3, 0.4) is 0 Å². The van der Waals surface area contributed by atoms with Crippen molar-refractivity contribution in [1.82, 2.24) is 4.90 Å². The SMILES string of the molecule is COC(=O)C1=C2[C@]3([C@H]4C[C@@H]5[C@H](CC[C@@H](C)N53)[C@@]2(O)C4)[C@@H]2CC[C@H](O)[C@H](OC)[C@@H]2[C@@H]1OC(=O)c1ccccc1. The Bertz CT molecular complexity index is 1200. The number of aliphatic hydroxyl groups excluding tert-OH is 1. The van der Waals surface area contributed by atoms with Crippen molar-refractivity contribution in [3.63, 3.8) is 0 Å². The van der Waals surface area contributed by atoms with E-state index in [9.17, 15) is 19.8 Å². The summed E-state index contributed by atoms with van der Waals surface area (Å²) in [6.45, 7) is 2.26. The number of carbonyl (C=O) groups is 2. The molecule has 8 nitrogen and oxygen atoms in total. The van der Waals surface area contributed by atoms with Gasteiger partial charge in [0, 0.05) is 31.0 Å². The maximum absolute atomic E-state index is 13.8. The number of methoxy groups -OCH3 is 2. The van der Waals surface area contributed by atoms with Crippen molar-refractivity contribution in [1.29, 1.82) is 0 Å². The minimum atomic E-state index is -1.13. The van der Waals surface area contributed by atoms with Gasteiger partial charge in [0.05, 0.1) is 41.6 Å². The number of piperidine rings is 2. The summed E-state index contributed by atoms with van der Waals surface area (Å²) in [5, 5.41) is 23.7. The molecule has 0 amide bonds. The first-order valence-corrected chi connectivity index (χ1v) is 14.1. The lowest BCUT2D eigenvalue weighted by Crippen LogP contribution is -2.74. The topological polar surface area (TPSA) is 106 Å². The molecule has 1 aromatic rings. The summed E-state index contributed by atoms with van der Waals surface area (Å²) in [5.41, 5.74) is -0.273. The molecule has 3 aliphatic carbocycles. The van der Waals surface area contributed by atoms with E-state index in [0.29, 0.717) is 30.9 Å². The first kappa shape index (κ1) is 24.8. The molecule has 204 valence electrons. The number of rotatable bonds is 4. The van der Waals surface area contributed by atoms with E-state index in [1.54, 1.807) is 31.4 Å². The number of ether oxygens (including phenoxy) is 3. The normalized spacial score (nSPS) is 47.9. The van der Waals surface area contributed by atoms with Crippen LogP contribution in [-0.4, -0.2) is 82.8 Å². The number of hydrogen-bond acceptors (Lipinski definition) is 8. The largest absolute Gasteiger partial charge is 0.466 e. The maximum atomic E-state index is 13.8. The Kier molecular flexibility index (Phi) is 5.45. The molecule has 7 rings (SSSR count). The van der Waals surface area contributed by atoms with Crippen molar-refractivity contribution < 1.29 is 34.0 Å². The Morgan fingerprint density at radius 3 is 2.47 bits per heavy atom. The van der Waals surface area contributed by atoms with Crippen molar-refractivity contribution in [3.05, 3.63) is 47.0 Å². The summed E-state index contributed by atoms with van der Waals surface area (Å²) in [6.07, 6.45) is 2.39. The van der Waals surface area contributed by atoms with Gasteiger partial charge in [-0.25, -0.2) is 9.59 Å². The standard InChI is InChI=1S/C30H37NO7/c1-15-9-10-18-20-13-17-14-29(18,35)26-23(28(34)37-3)25(38-27(33)16-7-5-4-6-8-16)22-19(30(17,26)31(15)20)11-12-21(32)24(22)36-2/h4-8,15,17-22,24-25,32,35H,9-14H2,1-3H3/t15-,17+,18+,19-,20-,21+,22-,24+,25+,29+,30+/m1/s1. The van der Waals surface area contributed by atoms with Gasteiger partial charge in [0.25, 0.3) is 0 Å². The summed E-state index contributed by atoms with van der Waals surface area (Å²) in [6, 6.07) is 9.30. The molecule has 12 atom stereocenters. The van der Waals surface area contributed by atoms with Gasteiger partial charge in [0.15, 0.2) is 0 Å². The molecular weight excluding hydrogens is 486 g/mol. The van der Waals surface area contributed by atoms with E-state index in [2.05, 4.69) is 11.8 Å². The minimum absolute atomic E-state index is 0.0367. The minimum Gasteiger partial charge on any atom is -0.466 e. The highest BCUT2D eigenvalue weighted by molar-refractivity contribution is 5.95. The monoisotopic (exact) mass is 523 g/mol. The van der Waals surface area contributed by atoms with E-state index in [-0.39, 0.29) is 29.4 Å². The van der Waals surface area contributed by atoms with Crippen LogP contribution in [0.1, 0.15) is 55.8 Å². The fraction of sp³-hybridized carbons (Fsp3) is 0.667. The molecule has 5 fully saturated rings. The van der Waals surface area contributed by atoms with Crippen LogP contribution in [0.5, 0.6) is 0 Å². The average molecular weight is 524 g/mol. The van der Waals surface area contributed by atoms with Crippen LogP contribution in [0.2, 0.25) is 0 Å². The lowest BCUT2D eigenvalue weighted by atomic mass is 9.52. The molecule has 5 bridgehead atoms. The van der Waals surface area contributed by atoms with E-state index >= 15 is 0 Å². The summed E-state index contributed by atoms with van der Waals surface area (Å²) in [7, 11) is 2.92. The number of hydrogen-bond donors (Lipinski definition) is 2. The summed E-state index contributed by atoms with van der Waals surface area (Å²) >= 11 is 0. The average Bonchev–Trinajstić information content (AvgIpc) is 3.32. The predicted molar refractivity (Wildman–Crippen MR) is 136 cm³/mol. The molecule has 2 N–H and O–H groups in total. The smallest absolute Gasteiger partial charge is 0.338 e. The number of nitrogens with zero attached hydrogens (tertiary/aromatic N) is 1. The van der Waals surface area contributed by atoms with Gasteiger partial charge in [-0.15, -0.1) is 0 Å². The molecule has 8 heteroatoms. The molecule has 38 heavy (non-hydrogen) atoms. The first-order valence-electron chi connectivity index (χ1n) is 14.1.